The highest BCUT2D eigenvalue weighted by molar-refractivity contribution is 5.59. The Labute approximate surface area is 214 Å². The average molecular weight is 503 g/mol. The number of aromatic nitrogens is 2. The Morgan fingerprint density at radius 1 is 0.730 bits per heavy atom. The summed E-state index contributed by atoms with van der Waals surface area (Å²) in [6.07, 6.45) is -0.112. The fraction of sp³-hybridized carbons (Fsp3) is 0.286. The van der Waals surface area contributed by atoms with E-state index in [4.69, 9.17) is 14.2 Å². The topological polar surface area (TPSA) is 134 Å². The molecule has 37 heavy (non-hydrogen) atoms. The van der Waals surface area contributed by atoms with Gasteiger partial charge in [0, 0.05) is 35.9 Å². The van der Waals surface area contributed by atoms with E-state index in [1.54, 1.807) is 49.1 Å². The molecule has 0 aliphatic carbocycles. The fourth-order valence-corrected chi connectivity index (χ4v) is 3.55. The van der Waals surface area contributed by atoms with E-state index < -0.39 is 37.3 Å². The predicted molar refractivity (Wildman–Crippen MR) is 132 cm³/mol. The quantitative estimate of drug-likeness (QED) is 0.280. The second kappa shape index (κ2) is 12.9. The Kier molecular flexibility index (Phi) is 9.19. The number of benzene rings is 1. The molecule has 0 amide bonds. The van der Waals surface area contributed by atoms with Crippen molar-refractivity contribution in [2.45, 2.75) is 30.7 Å². The minimum atomic E-state index is -1.52. The van der Waals surface area contributed by atoms with Crippen LogP contribution in [-0.2, 0) is 9.47 Å². The lowest BCUT2D eigenvalue weighted by Gasteiger charge is -2.39. The maximum atomic E-state index is 10.2. The molecule has 0 radical (unpaired) electrons. The third-order valence-electron chi connectivity index (χ3n) is 5.52. The van der Waals surface area contributed by atoms with E-state index in [0.717, 1.165) is 11.1 Å². The van der Waals surface area contributed by atoms with E-state index in [2.05, 4.69) is 33.6 Å². The number of rotatable bonds is 6. The lowest BCUT2D eigenvalue weighted by molar-refractivity contribution is -0.301. The van der Waals surface area contributed by atoms with Crippen LogP contribution in [0.1, 0.15) is 22.3 Å². The van der Waals surface area contributed by atoms with Crippen molar-refractivity contribution in [3.05, 3.63) is 89.5 Å². The summed E-state index contributed by atoms with van der Waals surface area (Å²) < 4.78 is 16.9. The van der Waals surface area contributed by atoms with Gasteiger partial charge in [-0.3, -0.25) is 9.97 Å². The van der Waals surface area contributed by atoms with Crippen molar-refractivity contribution >= 4 is 0 Å². The van der Waals surface area contributed by atoms with E-state index in [-0.39, 0.29) is 13.2 Å². The molecule has 4 rings (SSSR count). The summed E-state index contributed by atoms with van der Waals surface area (Å²) in [6.45, 7) is -0.511. The molecule has 1 aliphatic rings. The highest BCUT2D eigenvalue weighted by atomic mass is 16.7. The second-order valence-electron chi connectivity index (χ2n) is 8.07. The Bertz CT molecular complexity index is 1200. The highest BCUT2D eigenvalue weighted by Crippen LogP contribution is 2.24. The summed E-state index contributed by atoms with van der Waals surface area (Å²) in [4.78, 5) is 7.99. The minimum absolute atomic E-state index is 0.0218. The van der Waals surface area contributed by atoms with Crippen LogP contribution in [0.2, 0.25) is 0 Å². The molecule has 5 atom stereocenters. The molecule has 4 N–H and O–H groups in total. The summed E-state index contributed by atoms with van der Waals surface area (Å²) in [5.41, 5.74) is 2.82. The van der Waals surface area contributed by atoms with E-state index >= 15 is 0 Å². The standard InChI is InChI=1S/C28H26N2O7/c31-18-23-24(32)25(33)26(34)28(37-23)36-17-16-35-27-21(6-4-19-8-12-29-13-9-19)2-1-3-22(27)7-5-20-10-14-30-15-11-20/h1-3,8-15,23-26,28,31-34H,16-18H2/t23?,24-,25?,26+,28-/m1/s1. The maximum absolute atomic E-state index is 10.2. The third-order valence-corrected chi connectivity index (χ3v) is 5.52. The largest absolute Gasteiger partial charge is 0.489 e. The van der Waals surface area contributed by atoms with Gasteiger partial charge in [0.25, 0.3) is 0 Å². The number of pyridine rings is 2. The number of aliphatic hydroxyl groups is 4. The van der Waals surface area contributed by atoms with Crippen molar-refractivity contribution < 1.29 is 34.6 Å². The minimum Gasteiger partial charge on any atom is -0.489 e. The Morgan fingerprint density at radius 2 is 1.30 bits per heavy atom. The van der Waals surface area contributed by atoms with Crippen LogP contribution in [0.5, 0.6) is 5.75 Å². The normalized spacial score (nSPS) is 22.8. The van der Waals surface area contributed by atoms with Crippen LogP contribution in [0.15, 0.2) is 67.3 Å². The van der Waals surface area contributed by atoms with E-state index in [0.29, 0.717) is 16.9 Å². The van der Waals surface area contributed by atoms with Crippen LogP contribution < -0.4 is 4.74 Å². The van der Waals surface area contributed by atoms with Crippen LogP contribution in [0.3, 0.4) is 0 Å². The summed E-state index contributed by atoms with van der Waals surface area (Å²) in [6, 6.07) is 12.7. The molecular weight excluding hydrogens is 476 g/mol. The zero-order chi connectivity index (χ0) is 26.0. The second-order valence-corrected chi connectivity index (χ2v) is 8.07. The van der Waals surface area contributed by atoms with Crippen LogP contribution in [0, 0.1) is 23.7 Å². The van der Waals surface area contributed by atoms with Crippen molar-refractivity contribution in [2.75, 3.05) is 19.8 Å². The van der Waals surface area contributed by atoms with Gasteiger partial charge in [0.05, 0.1) is 24.3 Å². The summed E-state index contributed by atoms with van der Waals surface area (Å²) in [7, 11) is 0. The molecule has 190 valence electrons. The molecule has 1 aliphatic heterocycles. The van der Waals surface area contributed by atoms with E-state index in [1.165, 1.54) is 0 Å². The lowest BCUT2D eigenvalue weighted by atomic mass is 9.99. The van der Waals surface area contributed by atoms with Gasteiger partial charge in [-0.2, -0.15) is 0 Å². The number of ether oxygens (including phenoxy) is 3. The molecule has 9 nitrogen and oxygen atoms in total. The molecule has 1 saturated heterocycles. The molecule has 3 heterocycles. The highest BCUT2D eigenvalue weighted by Gasteiger charge is 2.43. The number of aliphatic hydroxyl groups excluding tert-OH is 4. The van der Waals surface area contributed by atoms with Gasteiger partial charge in [-0.1, -0.05) is 29.7 Å². The van der Waals surface area contributed by atoms with E-state index in [1.807, 2.05) is 18.2 Å². The smallest absolute Gasteiger partial charge is 0.186 e. The van der Waals surface area contributed by atoms with Gasteiger partial charge in [0.15, 0.2) is 12.0 Å². The zero-order valence-electron chi connectivity index (χ0n) is 19.8. The first kappa shape index (κ1) is 26.3. The number of hydrogen-bond acceptors (Lipinski definition) is 9. The van der Waals surface area contributed by atoms with Gasteiger partial charge < -0.3 is 34.6 Å². The third kappa shape index (κ3) is 6.91. The monoisotopic (exact) mass is 502 g/mol. The number of hydrogen-bond donors (Lipinski definition) is 4. The van der Waals surface area contributed by atoms with Crippen molar-refractivity contribution in [3.63, 3.8) is 0 Å². The molecule has 2 aromatic heterocycles. The van der Waals surface area contributed by atoms with Gasteiger partial charge in [-0.15, -0.1) is 0 Å². The molecule has 2 unspecified atom stereocenters. The summed E-state index contributed by atoms with van der Waals surface area (Å²) >= 11 is 0. The molecule has 1 aromatic carbocycles. The first-order valence-corrected chi connectivity index (χ1v) is 11.6. The van der Waals surface area contributed by atoms with Gasteiger partial charge >= 0.3 is 0 Å². The van der Waals surface area contributed by atoms with Gasteiger partial charge in [0.2, 0.25) is 0 Å². The molecule has 0 saturated carbocycles. The van der Waals surface area contributed by atoms with Crippen LogP contribution in [0.4, 0.5) is 0 Å². The molecule has 9 heteroatoms. The Balaban J connectivity index is 1.51. The molecule has 0 bridgehead atoms. The van der Waals surface area contributed by atoms with Gasteiger partial charge in [-0.25, -0.2) is 0 Å². The zero-order valence-corrected chi connectivity index (χ0v) is 19.8. The molecular formula is C28H26N2O7. The van der Waals surface area contributed by atoms with Crippen molar-refractivity contribution in [3.8, 4) is 29.4 Å². The maximum Gasteiger partial charge on any atom is 0.186 e. The number of para-hydroxylation sites is 1. The lowest BCUT2D eigenvalue weighted by Crippen LogP contribution is -2.59. The van der Waals surface area contributed by atoms with Gasteiger partial charge in [0.1, 0.15) is 31.0 Å². The van der Waals surface area contributed by atoms with Crippen molar-refractivity contribution in [1.82, 2.24) is 9.97 Å². The van der Waals surface area contributed by atoms with Gasteiger partial charge in [-0.05, 0) is 36.4 Å². The Morgan fingerprint density at radius 3 is 1.84 bits per heavy atom. The van der Waals surface area contributed by atoms with E-state index in [9.17, 15) is 20.4 Å². The average Bonchev–Trinajstić information content (AvgIpc) is 2.94. The fourth-order valence-electron chi connectivity index (χ4n) is 3.55. The number of nitrogens with zero attached hydrogens (tertiary/aromatic N) is 2. The first-order chi connectivity index (χ1) is 18.1. The first-order valence-electron chi connectivity index (χ1n) is 11.6. The molecule has 0 spiro atoms. The van der Waals surface area contributed by atoms with Crippen LogP contribution in [0.25, 0.3) is 0 Å². The van der Waals surface area contributed by atoms with Crippen molar-refractivity contribution in [1.29, 1.82) is 0 Å². The van der Waals surface area contributed by atoms with Crippen molar-refractivity contribution in [2.24, 2.45) is 0 Å². The summed E-state index contributed by atoms with van der Waals surface area (Å²) in [5.74, 6) is 12.9. The molecule has 1 fully saturated rings. The SMILES string of the molecule is OCC1O[C@@H](OCCOc2c(C#Cc3ccncc3)cccc2C#Cc2ccncc2)[C@@H](O)C(O)[C@@H]1O. The van der Waals surface area contributed by atoms with Crippen LogP contribution >= 0.6 is 0 Å². The predicted octanol–water partition coefficient (Wildman–Crippen LogP) is 0.472. The summed E-state index contributed by atoms with van der Waals surface area (Å²) in [5, 5.41) is 39.3. The molecule has 3 aromatic rings. The Hall–Kier alpha value is -3.80. The van der Waals surface area contributed by atoms with Crippen LogP contribution in [-0.4, -0.2) is 80.9 Å².